The summed E-state index contributed by atoms with van der Waals surface area (Å²) in [7, 11) is 0. The predicted octanol–water partition coefficient (Wildman–Crippen LogP) is 2.69. The van der Waals surface area contributed by atoms with Crippen molar-refractivity contribution in [1.82, 2.24) is 20.2 Å². The molecule has 2 N–H and O–H groups in total. The number of aryl methyl sites for hydroxylation is 1. The van der Waals surface area contributed by atoms with Gasteiger partial charge in [-0.1, -0.05) is 18.2 Å². The molecule has 1 aromatic carbocycles. The van der Waals surface area contributed by atoms with Crippen molar-refractivity contribution >= 4 is 16.9 Å². The molecule has 0 amide bonds. The summed E-state index contributed by atoms with van der Waals surface area (Å²) in [6, 6.07) is 8.08. The van der Waals surface area contributed by atoms with Crippen LogP contribution in [0.5, 0.6) is 0 Å². The lowest BCUT2D eigenvalue weighted by Crippen LogP contribution is -2.38. The zero-order valence-electron chi connectivity index (χ0n) is 14.1. The number of imidazole rings is 1. The van der Waals surface area contributed by atoms with Crippen LogP contribution in [0.25, 0.3) is 11.0 Å². The van der Waals surface area contributed by atoms with Gasteiger partial charge in [-0.2, -0.15) is 0 Å². The number of rotatable bonds is 6. The first-order valence-electron chi connectivity index (χ1n) is 8.23. The molecule has 0 aliphatic rings. The van der Waals surface area contributed by atoms with Gasteiger partial charge in [0.2, 0.25) is 0 Å². The molecule has 2 aromatic heterocycles. The Hall–Kier alpha value is -2.76. The second-order valence-electron chi connectivity index (χ2n) is 5.57. The summed E-state index contributed by atoms with van der Waals surface area (Å²) >= 11 is 0. The van der Waals surface area contributed by atoms with Gasteiger partial charge in [0.05, 0.1) is 6.33 Å². The smallest absolute Gasteiger partial charge is 0.191 e. The Morgan fingerprint density at radius 2 is 2.17 bits per heavy atom. The zero-order chi connectivity index (χ0) is 16.8. The van der Waals surface area contributed by atoms with E-state index in [0.717, 1.165) is 47.9 Å². The summed E-state index contributed by atoms with van der Waals surface area (Å²) in [6.45, 7) is 7.09. The van der Waals surface area contributed by atoms with Gasteiger partial charge in [0, 0.05) is 43.0 Å². The van der Waals surface area contributed by atoms with Gasteiger partial charge in [-0.3, -0.25) is 0 Å². The topological polar surface area (TPSA) is 67.4 Å². The minimum absolute atomic E-state index is 0.515. The van der Waals surface area contributed by atoms with E-state index in [2.05, 4.69) is 40.5 Å². The zero-order valence-corrected chi connectivity index (χ0v) is 14.1. The normalized spacial score (nSPS) is 11.8. The van der Waals surface area contributed by atoms with Crippen molar-refractivity contribution < 1.29 is 4.42 Å². The molecule has 3 rings (SSSR count). The van der Waals surface area contributed by atoms with Crippen molar-refractivity contribution in [2.75, 3.05) is 13.1 Å². The number of hydrogen-bond acceptors (Lipinski definition) is 3. The Balaban J connectivity index is 1.64. The van der Waals surface area contributed by atoms with Crippen LogP contribution in [0.4, 0.5) is 0 Å². The maximum atomic E-state index is 5.92. The van der Waals surface area contributed by atoms with Gasteiger partial charge in [0.25, 0.3) is 0 Å². The second kappa shape index (κ2) is 7.68. The quantitative estimate of drug-likeness (QED) is 0.540. The summed E-state index contributed by atoms with van der Waals surface area (Å²) in [5.41, 5.74) is 2.07. The van der Waals surface area contributed by atoms with Crippen LogP contribution in [-0.2, 0) is 13.1 Å². The van der Waals surface area contributed by atoms with E-state index in [9.17, 15) is 0 Å². The Labute approximate surface area is 141 Å². The molecule has 0 aliphatic heterocycles. The van der Waals surface area contributed by atoms with Gasteiger partial charge in [-0.25, -0.2) is 9.98 Å². The highest BCUT2D eigenvalue weighted by atomic mass is 16.3. The van der Waals surface area contributed by atoms with E-state index in [1.54, 1.807) is 6.20 Å². The minimum Gasteiger partial charge on any atom is -0.459 e. The SMILES string of the molecule is CCNC(=NCc1oc2ccccc2c1C)NCCn1ccnc1. The monoisotopic (exact) mass is 325 g/mol. The van der Waals surface area contributed by atoms with Crippen molar-refractivity contribution in [3.63, 3.8) is 0 Å². The number of fused-ring (bicyclic) bond motifs is 1. The second-order valence-corrected chi connectivity index (χ2v) is 5.57. The van der Waals surface area contributed by atoms with Gasteiger partial charge in [-0.05, 0) is 19.9 Å². The number of nitrogens with one attached hydrogen (secondary N) is 2. The molecule has 126 valence electrons. The number of hydrogen-bond donors (Lipinski definition) is 2. The summed E-state index contributed by atoms with van der Waals surface area (Å²) in [5, 5.41) is 7.74. The van der Waals surface area contributed by atoms with Gasteiger partial charge in [0.15, 0.2) is 5.96 Å². The Morgan fingerprint density at radius 1 is 1.29 bits per heavy atom. The summed E-state index contributed by atoms with van der Waals surface area (Å²) in [6.07, 6.45) is 5.54. The third-order valence-corrected chi connectivity index (χ3v) is 3.89. The fraction of sp³-hybridized carbons (Fsp3) is 0.333. The minimum atomic E-state index is 0.515. The number of aliphatic imine (C=N–C) groups is 1. The standard InChI is InChI=1S/C18H23N5O/c1-3-20-18(21-9-11-23-10-8-19-13-23)22-12-17-14(2)15-6-4-5-7-16(15)24-17/h4-8,10,13H,3,9,11-12H2,1-2H3,(H2,20,21,22). The number of nitrogens with zero attached hydrogens (tertiary/aromatic N) is 3. The number of para-hydroxylation sites is 1. The first-order chi connectivity index (χ1) is 11.8. The average Bonchev–Trinajstić information content (AvgIpc) is 3.21. The molecule has 0 bridgehead atoms. The highest BCUT2D eigenvalue weighted by molar-refractivity contribution is 5.82. The molecule has 0 saturated carbocycles. The molecule has 0 aliphatic carbocycles. The predicted molar refractivity (Wildman–Crippen MR) is 96.0 cm³/mol. The van der Waals surface area contributed by atoms with E-state index in [4.69, 9.17) is 4.42 Å². The molecule has 0 radical (unpaired) electrons. The number of benzene rings is 1. The molecule has 6 nitrogen and oxygen atoms in total. The van der Waals surface area contributed by atoms with Crippen molar-refractivity contribution in [2.45, 2.75) is 26.9 Å². The maximum absolute atomic E-state index is 5.92. The fourth-order valence-electron chi connectivity index (χ4n) is 2.59. The van der Waals surface area contributed by atoms with Crippen LogP contribution in [0.15, 0.2) is 52.4 Å². The van der Waals surface area contributed by atoms with E-state index < -0.39 is 0 Å². The molecule has 0 saturated heterocycles. The van der Waals surface area contributed by atoms with Crippen molar-refractivity contribution in [3.05, 3.63) is 54.3 Å². The number of guanidine groups is 1. The molecule has 6 heteroatoms. The third-order valence-electron chi connectivity index (χ3n) is 3.89. The van der Waals surface area contributed by atoms with E-state index in [1.807, 2.05) is 35.3 Å². The molecular weight excluding hydrogens is 302 g/mol. The first-order valence-corrected chi connectivity index (χ1v) is 8.23. The molecule has 2 heterocycles. The largest absolute Gasteiger partial charge is 0.459 e. The van der Waals surface area contributed by atoms with E-state index >= 15 is 0 Å². The lowest BCUT2D eigenvalue weighted by atomic mass is 10.1. The van der Waals surface area contributed by atoms with Crippen molar-refractivity contribution in [3.8, 4) is 0 Å². The van der Waals surface area contributed by atoms with Crippen LogP contribution >= 0.6 is 0 Å². The first kappa shape index (κ1) is 16.1. The van der Waals surface area contributed by atoms with Crippen LogP contribution in [0, 0.1) is 6.92 Å². The van der Waals surface area contributed by atoms with Gasteiger partial charge in [0.1, 0.15) is 17.9 Å². The summed E-state index contributed by atoms with van der Waals surface area (Å²) in [5.74, 6) is 1.69. The highest BCUT2D eigenvalue weighted by Crippen LogP contribution is 2.25. The van der Waals surface area contributed by atoms with Gasteiger partial charge in [-0.15, -0.1) is 0 Å². The van der Waals surface area contributed by atoms with E-state index in [1.165, 1.54) is 0 Å². The molecule has 24 heavy (non-hydrogen) atoms. The molecule has 0 spiro atoms. The maximum Gasteiger partial charge on any atom is 0.191 e. The number of aromatic nitrogens is 2. The molecular formula is C18H23N5O. The number of furan rings is 1. The highest BCUT2D eigenvalue weighted by Gasteiger charge is 2.09. The van der Waals surface area contributed by atoms with E-state index in [0.29, 0.717) is 6.54 Å². The van der Waals surface area contributed by atoms with Gasteiger partial charge < -0.3 is 19.6 Å². The van der Waals surface area contributed by atoms with Crippen LogP contribution in [0.2, 0.25) is 0 Å². The third kappa shape index (κ3) is 3.76. The van der Waals surface area contributed by atoms with Crippen molar-refractivity contribution in [1.29, 1.82) is 0 Å². The fourth-order valence-corrected chi connectivity index (χ4v) is 2.59. The lowest BCUT2D eigenvalue weighted by Gasteiger charge is -2.11. The molecule has 3 aromatic rings. The van der Waals surface area contributed by atoms with Crippen LogP contribution in [0.1, 0.15) is 18.2 Å². The van der Waals surface area contributed by atoms with E-state index in [-0.39, 0.29) is 0 Å². The van der Waals surface area contributed by atoms with Crippen LogP contribution in [0.3, 0.4) is 0 Å². The molecule has 0 atom stereocenters. The van der Waals surface area contributed by atoms with Crippen LogP contribution < -0.4 is 10.6 Å². The Bertz CT molecular complexity index is 804. The van der Waals surface area contributed by atoms with Gasteiger partial charge >= 0.3 is 0 Å². The summed E-state index contributed by atoms with van der Waals surface area (Å²) < 4.78 is 7.94. The van der Waals surface area contributed by atoms with Crippen molar-refractivity contribution in [2.24, 2.45) is 4.99 Å². The molecule has 0 unspecified atom stereocenters. The molecule has 0 fully saturated rings. The average molecular weight is 325 g/mol. The Kier molecular flexibility index (Phi) is 5.15. The Morgan fingerprint density at radius 3 is 2.92 bits per heavy atom. The van der Waals surface area contributed by atoms with Crippen LogP contribution in [-0.4, -0.2) is 28.6 Å². The lowest BCUT2D eigenvalue weighted by molar-refractivity contribution is 0.547. The summed E-state index contributed by atoms with van der Waals surface area (Å²) in [4.78, 5) is 8.67.